The van der Waals surface area contributed by atoms with Crippen molar-refractivity contribution in [3.63, 3.8) is 0 Å². The average molecular weight is 266 g/mol. The molecule has 0 radical (unpaired) electrons. The monoisotopic (exact) mass is 266 g/mol. The lowest BCUT2D eigenvalue weighted by molar-refractivity contribution is 0.202. The molecule has 0 unspecified atom stereocenters. The number of phosphoric ester groups is 1. The first kappa shape index (κ1) is 17.3. The second kappa shape index (κ2) is 8.13. The summed E-state index contributed by atoms with van der Waals surface area (Å²) in [6.45, 7) is -0.0196. The van der Waals surface area contributed by atoms with E-state index in [1.807, 2.05) is 0 Å². The summed E-state index contributed by atoms with van der Waals surface area (Å²) in [6, 6.07) is 0. The molecule has 0 rings (SSSR count). The van der Waals surface area contributed by atoms with Gasteiger partial charge in [0.1, 0.15) is 0 Å². The fourth-order valence-corrected chi connectivity index (χ4v) is 0.962. The van der Waals surface area contributed by atoms with Gasteiger partial charge >= 0.3 is 7.82 Å². The Hall–Kier alpha value is -0.0600. The first-order chi connectivity index (χ1) is 6.62. The zero-order valence-corrected chi connectivity index (χ0v) is 9.52. The van der Waals surface area contributed by atoms with Crippen molar-refractivity contribution in [2.24, 2.45) is 11.5 Å². The SMILES string of the molecule is NCCOP(=O)(O)O.NCCS(=O)(=O)O. The Labute approximate surface area is 87.4 Å². The minimum atomic E-state index is -4.26. The molecule has 0 aliphatic heterocycles. The lowest BCUT2D eigenvalue weighted by atomic mass is 10.8. The minimum absolute atomic E-state index is 0.0289. The number of hydrogen-bond acceptors (Lipinski definition) is 6. The van der Waals surface area contributed by atoms with Crippen molar-refractivity contribution in [3.05, 3.63) is 0 Å². The fraction of sp³-hybridized carbons (Fsp3) is 1.00. The van der Waals surface area contributed by atoms with Crippen LogP contribution in [0.15, 0.2) is 0 Å². The molecule has 0 aliphatic rings. The van der Waals surface area contributed by atoms with E-state index in [2.05, 4.69) is 4.52 Å². The first-order valence-electron chi connectivity index (χ1n) is 3.67. The molecule has 0 saturated carbocycles. The Kier molecular flexibility index (Phi) is 9.40. The molecule has 0 aromatic carbocycles. The van der Waals surface area contributed by atoms with E-state index in [1.165, 1.54) is 0 Å². The van der Waals surface area contributed by atoms with Crippen molar-refractivity contribution in [1.29, 1.82) is 0 Å². The molecule has 0 aromatic rings. The fourth-order valence-electron chi connectivity index (χ4n) is 0.321. The highest BCUT2D eigenvalue weighted by molar-refractivity contribution is 7.85. The molecule has 0 amide bonds. The molecular weight excluding hydrogens is 251 g/mol. The van der Waals surface area contributed by atoms with Gasteiger partial charge in [0.2, 0.25) is 0 Å². The van der Waals surface area contributed by atoms with Gasteiger partial charge in [0.15, 0.2) is 0 Å². The summed E-state index contributed by atoms with van der Waals surface area (Å²) < 4.78 is 41.1. The zero-order chi connectivity index (χ0) is 12.5. The molecule has 7 N–H and O–H groups in total. The molecule has 9 nitrogen and oxygen atoms in total. The van der Waals surface area contributed by atoms with Gasteiger partial charge in [0.05, 0.1) is 12.4 Å². The lowest BCUT2D eigenvalue weighted by Crippen LogP contribution is -2.13. The van der Waals surface area contributed by atoms with Crippen LogP contribution in [0.2, 0.25) is 0 Å². The number of nitrogens with two attached hydrogens (primary N) is 2. The minimum Gasteiger partial charge on any atom is -0.329 e. The predicted molar refractivity (Wildman–Crippen MR) is 52.5 cm³/mol. The van der Waals surface area contributed by atoms with Gasteiger partial charge in [0, 0.05) is 13.1 Å². The van der Waals surface area contributed by atoms with Crippen LogP contribution in [0.25, 0.3) is 0 Å². The Morgan fingerprint density at radius 1 is 1.20 bits per heavy atom. The highest BCUT2D eigenvalue weighted by Crippen LogP contribution is 2.34. The predicted octanol–water partition coefficient (Wildman–Crippen LogP) is -2.11. The second-order valence-corrected chi connectivity index (χ2v) is 5.00. The smallest absolute Gasteiger partial charge is 0.329 e. The van der Waals surface area contributed by atoms with Crippen molar-refractivity contribution in [2.75, 3.05) is 25.4 Å². The van der Waals surface area contributed by atoms with Crippen LogP contribution in [0.1, 0.15) is 0 Å². The maximum atomic E-state index is 9.81. The maximum Gasteiger partial charge on any atom is 0.469 e. The molecular formula is C4H15N2O7PS. The second-order valence-electron chi connectivity index (χ2n) is 2.19. The molecule has 94 valence electrons. The molecule has 0 spiro atoms. The van der Waals surface area contributed by atoms with Crippen LogP contribution in [0.3, 0.4) is 0 Å². The summed E-state index contributed by atoms with van der Waals surface area (Å²) in [4.78, 5) is 16.0. The van der Waals surface area contributed by atoms with Gasteiger partial charge in [-0.3, -0.25) is 9.08 Å². The van der Waals surface area contributed by atoms with Crippen molar-refractivity contribution in [2.45, 2.75) is 0 Å². The maximum absolute atomic E-state index is 9.81. The van der Waals surface area contributed by atoms with Crippen LogP contribution in [0.4, 0.5) is 0 Å². The average Bonchev–Trinajstić information content (AvgIpc) is 1.98. The third-order valence-corrected chi connectivity index (χ3v) is 2.02. The largest absolute Gasteiger partial charge is 0.469 e. The quantitative estimate of drug-likeness (QED) is 0.275. The van der Waals surface area contributed by atoms with Crippen LogP contribution in [0.5, 0.6) is 0 Å². The molecule has 0 atom stereocenters. The molecule has 11 heteroatoms. The summed E-state index contributed by atoms with van der Waals surface area (Å²) >= 11 is 0. The van der Waals surface area contributed by atoms with Crippen molar-refractivity contribution in [3.8, 4) is 0 Å². The van der Waals surface area contributed by atoms with E-state index in [-0.39, 0.29) is 25.4 Å². The highest BCUT2D eigenvalue weighted by atomic mass is 32.2. The van der Waals surface area contributed by atoms with Crippen LogP contribution < -0.4 is 11.5 Å². The summed E-state index contributed by atoms with van der Waals surface area (Å²) in [5.41, 5.74) is 9.64. The summed E-state index contributed by atoms with van der Waals surface area (Å²) in [5, 5.41) is 0. The van der Waals surface area contributed by atoms with E-state index < -0.39 is 17.9 Å². The Bertz CT molecular complexity index is 285. The van der Waals surface area contributed by atoms with Gasteiger partial charge in [-0.2, -0.15) is 8.42 Å². The van der Waals surface area contributed by atoms with E-state index in [4.69, 9.17) is 25.8 Å². The van der Waals surface area contributed by atoms with Crippen molar-refractivity contribution < 1.29 is 31.8 Å². The molecule has 0 heterocycles. The molecule has 0 fully saturated rings. The molecule has 0 aliphatic carbocycles. The number of phosphoric acid groups is 1. The van der Waals surface area contributed by atoms with E-state index in [9.17, 15) is 13.0 Å². The van der Waals surface area contributed by atoms with Crippen molar-refractivity contribution >= 4 is 17.9 Å². The summed E-state index contributed by atoms with van der Waals surface area (Å²) in [5.74, 6) is -0.354. The topological polar surface area (TPSA) is 173 Å². The van der Waals surface area contributed by atoms with E-state index in [0.717, 1.165) is 0 Å². The normalized spacial score (nSPS) is 11.8. The van der Waals surface area contributed by atoms with Gasteiger partial charge in [0.25, 0.3) is 10.1 Å². The van der Waals surface area contributed by atoms with Crippen LogP contribution in [0, 0.1) is 0 Å². The van der Waals surface area contributed by atoms with E-state index in [0.29, 0.717) is 0 Å². The van der Waals surface area contributed by atoms with Gasteiger partial charge in [-0.05, 0) is 0 Å². The van der Waals surface area contributed by atoms with Gasteiger partial charge in [-0.15, -0.1) is 0 Å². The van der Waals surface area contributed by atoms with Gasteiger partial charge in [-0.1, -0.05) is 0 Å². The van der Waals surface area contributed by atoms with E-state index in [1.54, 1.807) is 0 Å². The Balaban J connectivity index is 0. The summed E-state index contributed by atoms with van der Waals surface area (Å²) in [7, 11) is -8.06. The molecule has 0 saturated heterocycles. The highest BCUT2D eigenvalue weighted by Gasteiger charge is 2.11. The van der Waals surface area contributed by atoms with Crippen LogP contribution in [-0.4, -0.2) is 48.2 Å². The lowest BCUT2D eigenvalue weighted by Gasteiger charge is -2.00. The van der Waals surface area contributed by atoms with E-state index >= 15 is 0 Å². The zero-order valence-electron chi connectivity index (χ0n) is 7.81. The number of hydrogen-bond donors (Lipinski definition) is 5. The summed E-state index contributed by atoms with van der Waals surface area (Å²) in [6.07, 6.45) is 0. The van der Waals surface area contributed by atoms with Gasteiger partial charge < -0.3 is 21.3 Å². The molecule has 0 aromatic heterocycles. The Morgan fingerprint density at radius 2 is 1.67 bits per heavy atom. The number of rotatable bonds is 5. The third kappa shape index (κ3) is 24.9. The van der Waals surface area contributed by atoms with Crippen LogP contribution >= 0.6 is 7.82 Å². The van der Waals surface area contributed by atoms with Crippen molar-refractivity contribution in [1.82, 2.24) is 0 Å². The Morgan fingerprint density at radius 3 is 1.73 bits per heavy atom. The van der Waals surface area contributed by atoms with Crippen LogP contribution in [-0.2, 0) is 19.2 Å². The first-order valence-corrected chi connectivity index (χ1v) is 6.81. The molecule has 15 heavy (non-hydrogen) atoms. The standard InChI is InChI=1S/C2H8NO4P.C2H7NO3S/c3-1-2-7-8(4,5)6;3-1-2-7(4,5)6/h1-3H2,(H2,4,5,6);1-3H2,(H,4,5,6). The molecule has 0 bridgehead atoms. The third-order valence-electron chi connectivity index (χ3n) is 0.753. The van der Waals surface area contributed by atoms with Gasteiger partial charge in [-0.25, -0.2) is 4.57 Å².